The number of hydrogen-bond donors (Lipinski definition) is 0. The fourth-order valence-corrected chi connectivity index (χ4v) is 2.20. The first kappa shape index (κ1) is 12.4. The molecule has 0 atom stereocenters. The van der Waals surface area contributed by atoms with Crippen molar-refractivity contribution in [3.05, 3.63) is 77.9 Å². The molecule has 0 N–H and O–H groups in total. The Balaban J connectivity index is 2.09. The number of aliphatic imine (C=N–C) groups is 1. The van der Waals surface area contributed by atoms with E-state index in [-0.39, 0.29) is 0 Å². The van der Waals surface area contributed by atoms with Gasteiger partial charge in [-0.3, -0.25) is 4.99 Å². The molecule has 0 saturated carbocycles. The summed E-state index contributed by atoms with van der Waals surface area (Å²) in [6.45, 7) is 0. The van der Waals surface area contributed by atoms with Crippen LogP contribution in [-0.4, -0.2) is 13.3 Å². The first-order valence-corrected chi connectivity index (χ1v) is 6.55. The van der Waals surface area contributed by atoms with Gasteiger partial charge in [-0.1, -0.05) is 48.5 Å². The summed E-state index contributed by atoms with van der Waals surface area (Å²) in [5.74, 6) is 1.74. The van der Waals surface area contributed by atoms with Crippen molar-refractivity contribution in [2.24, 2.45) is 4.99 Å². The van der Waals surface area contributed by atoms with Gasteiger partial charge in [-0.05, 0) is 23.8 Å². The average Bonchev–Trinajstić information content (AvgIpc) is 2.53. The molecule has 20 heavy (non-hydrogen) atoms. The van der Waals surface area contributed by atoms with Gasteiger partial charge < -0.3 is 4.74 Å². The Bertz CT molecular complexity index is 696. The molecule has 2 aromatic rings. The summed E-state index contributed by atoms with van der Waals surface area (Å²) in [6.07, 6.45) is 5.86. The Morgan fingerprint density at radius 1 is 0.950 bits per heavy atom. The van der Waals surface area contributed by atoms with E-state index in [2.05, 4.69) is 17.1 Å². The van der Waals surface area contributed by atoms with Crippen molar-refractivity contribution >= 4 is 17.5 Å². The van der Waals surface area contributed by atoms with E-state index in [0.717, 1.165) is 28.2 Å². The van der Waals surface area contributed by atoms with Crippen LogP contribution in [0.3, 0.4) is 0 Å². The molecule has 98 valence electrons. The van der Waals surface area contributed by atoms with Crippen molar-refractivity contribution in [1.82, 2.24) is 0 Å². The minimum absolute atomic E-state index is 0.861. The molecule has 2 heteroatoms. The third-order valence-electron chi connectivity index (χ3n) is 3.17. The van der Waals surface area contributed by atoms with E-state index < -0.39 is 0 Å². The van der Waals surface area contributed by atoms with Crippen molar-refractivity contribution in [1.29, 1.82) is 0 Å². The van der Waals surface area contributed by atoms with Crippen LogP contribution in [0.2, 0.25) is 0 Å². The molecule has 0 unspecified atom stereocenters. The number of nitrogens with zero attached hydrogens (tertiary/aromatic N) is 1. The maximum atomic E-state index is 6.00. The predicted octanol–water partition coefficient (Wildman–Crippen LogP) is 4.20. The average molecular weight is 261 g/mol. The molecule has 1 aliphatic rings. The molecule has 0 aromatic heterocycles. The first-order chi connectivity index (χ1) is 9.88. The Morgan fingerprint density at radius 2 is 1.70 bits per heavy atom. The van der Waals surface area contributed by atoms with Crippen LogP contribution in [0.5, 0.6) is 5.75 Å². The highest BCUT2D eigenvalue weighted by Crippen LogP contribution is 2.36. The SMILES string of the molecule is CN=C/C=C1\C=C(c2ccccc2)Oc2ccccc21. The lowest BCUT2D eigenvalue weighted by Crippen LogP contribution is -2.03. The van der Waals surface area contributed by atoms with Crippen molar-refractivity contribution in [2.75, 3.05) is 7.05 Å². The number of rotatable bonds is 2. The molecule has 1 heterocycles. The summed E-state index contributed by atoms with van der Waals surface area (Å²) in [5, 5.41) is 0. The van der Waals surface area contributed by atoms with Gasteiger partial charge in [0.2, 0.25) is 0 Å². The van der Waals surface area contributed by atoms with Gasteiger partial charge in [0.1, 0.15) is 11.5 Å². The quantitative estimate of drug-likeness (QED) is 0.742. The normalized spacial score (nSPS) is 15.8. The predicted molar refractivity (Wildman–Crippen MR) is 83.9 cm³/mol. The second kappa shape index (κ2) is 5.57. The van der Waals surface area contributed by atoms with Gasteiger partial charge in [-0.15, -0.1) is 0 Å². The fraction of sp³-hybridized carbons (Fsp3) is 0.0556. The molecule has 0 bridgehead atoms. The molecular weight excluding hydrogens is 246 g/mol. The fourth-order valence-electron chi connectivity index (χ4n) is 2.20. The van der Waals surface area contributed by atoms with Gasteiger partial charge in [-0.2, -0.15) is 0 Å². The molecule has 0 amide bonds. The summed E-state index contributed by atoms with van der Waals surface area (Å²) >= 11 is 0. The maximum absolute atomic E-state index is 6.00. The molecule has 2 nitrogen and oxygen atoms in total. The molecule has 0 spiro atoms. The van der Waals surface area contributed by atoms with Crippen LogP contribution in [0.4, 0.5) is 0 Å². The van der Waals surface area contributed by atoms with Crippen molar-refractivity contribution in [2.45, 2.75) is 0 Å². The second-order valence-corrected chi connectivity index (χ2v) is 4.50. The zero-order valence-corrected chi connectivity index (χ0v) is 11.3. The lowest BCUT2D eigenvalue weighted by atomic mass is 9.99. The van der Waals surface area contributed by atoms with Gasteiger partial charge in [-0.25, -0.2) is 0 Å². The van der Waals surface area contributed by atoms with E-state index in [1.54, 1.807) is 13.3 Å². The number of para-hydroxylation sites is 1. The largest absolute Gasteiger partial charge is 0.456 e. The molecule has 0 radical (unpaired) electrons. The van der Waals surface area contributed by atoms with Crippen molar-refractivity contribution < 1.29 is 4.74 Å². The van der Waals surface area contributed by atoms with E-state index in [0.29, 0.717) is 0 Å². The molecule has 0 saturated heterocycles. The number of ether oxygens (including phenoxy) is 1. The highest BCUT2D eigenvalue weighted by molar-refractivity contribution is 5.95. The number of benzene rings is 2. The van der Waals surface area contributed by atoms with Crippen LogP contribution >= 0.6 is 0 Å². The Hall–Kier alpha value is -2.61. The van der Waals surface area contributed by atoms with E-state index in [1.165, 1.54) is 0 Å². The molecular formula is C18H15NO. The maximum Gasteiger partial charge on any atom is 0.135 e. The van der Waals surface area contributed by atoms with Gasteiger partial charge in [0.15, 0.2) is 0 Å². The Kier molecular flexibility index (Phi) is 3.46. The zero-order valence-electron chi connectivity index (χ0n) is 11.3. The third-order valence-corrected chi connectivity index (χ3v) is 3.17. The topological polar surface area (TPSA) is 21.6 Å². The van der Waals surface area contributed by atoms with Crippen LogP contribution in [0.25, 0.3) is 11.3 Å². The molecule has 2 aromatic carbocycles. The Morgan fingerprint density at radius 3 is 2.50 bits per heavy atom. The summed E-state index contributed by atoms with van der Waals surface area (Å²) < 4.78 is 6.00. The zero-order chi connectivity index (χ0) is 13.8. The smallest absolute Gasteiger partial charge is 0.135 e. The molecule has 1 aliphatic heterocycles. The summed E-state index contributed by atoms with van der Waals surface area (Å²) in [7, 11) is 1.77. The van der Waals surface area contributed by atoms with Crippen LogP contribution < -0.4 is 4.74 Å². The summed E-state index contributed by atoms with van der Waals surface area (Å²) in [6, 6.07) is 18.2. The van der Waals surface area contributed by atoms with Crippen molar-refractivity contribution in [3.8, 4) is 5.75 Å². The third kappa shape index (κ3) is 2.41. The van der Waals surface area contributed by atoms with Crippen LogP contribution in [-0.2, 0) is 0 Å². The molecule has 0 aliphatic carbocycles. The van der Waals surface area contributed by atoms with Gasteiger partial charge in [0.05, 0.1) is 0 Å². The van der Waals surface area contributed by atoms with E-state index in [1.807, 2.05) is 54.6 Å². The van der Waals surface area contributed by atoms with Gasteiger partial charge in [0, 0.05) is 24.4 Å². The summed E-state index contributed by atoms with van der Waals surface area (Å²) in [4.78, 5) is 4.03. The van der Waals surface area contributed by atoms with Crippen molar-refractivity contribution in [3.63, 3.8) is 0 Å². The standard InChI is InChI=1S/C18H15NO/c1-19-12-11-15-13-18(14-7-3-2-4-8-14)20-17-10-6-5-9-16(15)17/h2-13H,1H3/b15-11+,19-12?. The highest BCUT2D eigenvalue weighted by atomic mass is 16.5. The number of fused-ring (bicyclic) bond motifs is 1. The van der Waals surface area contributed by atoms with E-state index in [9.17, 15) is 0 Å². The van der Waals surface area contributed by atoms with Crippen LogP contribution in [0, 0.1) is 0 Å². The summed E-state index contributed by atoms with van der Waals surface area (Å²) in [5.41, 5.74) is 3.27. The minimum Gasteiger partial charge on any atom is -0.456 e. The van der Waals surface area contributed by atoms with E-state index >= 15 is 0 Å². The monoisotopic (exact) mass is 261 g/mol. The minimum atomic E-state index is 0.861. The van der Waals surface area contributed by atoms with Crippen LogP contribution in [0.1, 0.15) is 11.1 Å². The molecule has 3 rings (SSSR count). The lowest BCUT2D eigenvalue weighted by molar-refractivity contribution is 0.509. The van der Waals surface area contributed by atoms with Crippen LogP contribution in [0.15, 0.2) is 71.7 Å². The Labute approximate surface area is 118 Å². The van der Waals surface area contributed by atoms with E-state index in [4.69, 9.17) is 4.74 Å². The van der Waals surface area contributed by atoms with Gasteiger partial charge in [0.25, 0.3) is 0 Å². The number of allylic oxidation sites excluding steroid dienone is 3. The van der Waals surface area contributed by atoms with Gasteiger partial charge >= 0.3 is 0 Å². The molecule has 0 fully saturated rings. The first-order valence-electron chi connectivity index (χ1n) is 6.55. The highest BCUT2D eigenvalue weighted by Gasteiger charge is 2.16. The lowest BCUT2D eigenvalue weighted by Gasteiger charge is -2.20. The second-order valence-electron chi connectivity index (χ2n) is 4.50. The number of hydrogen-bond acceptors (Lipinski definition) is 2.